The first-order chi connectivity index (χ1) is 13.1. The summed E-state index contributed by atoms with van der Waals surface area (Å²) in [5, 5.41) is 15.3. The first-order valence-corrected chi connectivity index (χ1v) is 8.44. The molecule has 7 nitrogen and oxygen atoms in total. The Labute approximate surface area is 157 Å². The number of nitrogens with one attached hydrogen (secondary N) is 2. The smallest absolute Gasteiger partial charge is 0.270 e. The molecule has 1 amide bonds. The minimum Gasteiger partial charge on any atom is -0.508 e. The normalized spacial score (nSPS) is 10.3. The lowest BCUT2D eigenvalue weighted by Gasteiger charge is -2.08. The molecule has 0 fully saturated rings. The molecule has 0 bridgehead atoms. The molecule has 0 aliphatic heterocycles. The molecule has 0 saturated carbocycles. The highest BCUT2D eigenvalue weighted by Crippen LogP contribution is 2.17. The summed E-state index contributed by atoms with van der Waals surface area (Å²) in [5.74, 6) is 1.02. The molecular weight excluding hydrogens is 344 g/mol. The third kappa shape index (κ3) is 5.18. The van der Waals surface area contributed by atoms with E-state index in [0.29, 0.717) is 18.9 Å². The van der Waals surface area contributed by atoms with Crippen LogP contribution in [0.25, 0.3) is 0 Å². The minimum atomic E-state index is -0.282. The van der Waals surface area contributed by atoms with Crippen LogP contribution in [-0.4, -0.2) is 34.6 Å². The zero-order valence-corrected chi connectivity index (χ0v) is 14.8. The molecule has 3 N–H and O–H groups in total. The van der Waals surface area contributed by atoms with Crippen molar-refractivity contribution in [1.82, 2.24) is 15.3 Å². The maximum atomic E-state index is 12.3. The van der Waals surface area contributed by atoms with E-state index < -0.39 is 0 Å². The molecule has 1 aromatic heterocycles. The second kappa shape index (κ2) is 8.66. The highest BCUT2D eigenvalue weighted by molar-refractivity contribution is 5.92. The van der Waals surface area contributed by atoms with Gasteiger partial charge in [-0.1, -0.05) is 12.1 Å². The monoisotopic (exact) mass is 364 g/mol. The molecule has 0 atom stereocenters. The molecule has 0 spiro atoms. The summed E-state index contributed by atoms with van der Waals surface area (Å²) in [7, 11) is 1.61. The molecule has 7 heteroatoms. The van der Waals surface area contributed by atoms with Gasteiger partial charge in [0.1, 0.15) is 17.2 Å². The average molecular weight is 364 g/mol. The van der Waals surface area contributed by atoms with E-state index in [4.69, 9.17) is 4.74 Å². The summed E-state index contributed by atoms with van der Waals surface area (Å²) in [5.41, 5.74) is 2.01. The van der Waals surface area contributed by atoms with Gasteiger partial charge in [-0.15, -0.1) is 0 Å². The highest BCUT2D eigenvalue weighted by Gasteiger charge is 2.09. The van der Waals surface area contributed by atoms with Gasteiger partial charge in [-0.3, -0.25) is 4.79 Å². The van der Waals surface area contributed by atoms with Crippen molar-refractivity contribution in [2.24, 2.45) is 0 Å². The topological polar surface area (TPSA) is 96.4 Å². The number of aromatic hydroxyl groups is 1. The maximum absolute atomic E-state index is 12.3. The number of phenols is 1. The highest BCUT2D eigenvalue weighted by atomic mass is 16.5. The number of benzene rings is 2. The average Bonchev–Trinajstić information content (AvgIpc) is 2.69. The molecule has 3 aromatic rings. The molecule has 0 saturated heterocycles. The number of carbonyl (C=O) groups excluding carboxylic acids is 1. The van der Waals surface area contributed by atoms with Crippen molar-refractivity contribution in [3.8, 4) is 11.5 Å². The Balaban J connectivity index is 1.57. The molecule has 2 aromatic carbocycles. The van der Waals surface area contributed by atoms with Gasteiger partial charge in [0.15, 0.2) is 0 Å². The molecule has 0 aliphatic carbocycles. The Morgan fingerprint density at radius 1 is 1.15 bits per heavy atom. The lowest BCUT2D eigenvalue weighted by molar-refractivity contribution is 0.0949. The van der Waals surface area contributed by atoms with E-state index in [-0.39, 0.29) is 17.4 Å². The summed E-state index contributed by atoms with van der Waals surface area (Å²) in [6.07, 6.45) is 2.14. The van der Waals surface area contributed by atoms with Gasteiger partial charge in [0.05, 0.1) is 7.11 Å². The SMILES string of the molecule is COc1ccc(Nc2nccc(C(=O)NCCc3cccc(O)c3)n2)cc1. The Morgan fingerprint density at radius 3 is 2.70 bits per heavy atom. The van der Waals surface area contributed by atoms with Gasteiger partial charge >= 0.3 is 0 Å². The third-order valence-electron chi connectivity index (χ3n) is 3.84. The second-order valence-corrected chi connectivity index (χ2v) is 5.79. The van der Waals surface area contributed by atoms with Gasteiger partial charge in [0, 0.05) is 18.4 Å². The van der Waals surface area contributed by atoms with E-state index in [1.807, 2.05) is 30.3 Å². The standard InChI is InChI=1S/C20H20N4O3/c1-27-17-7-5-15(6-8-17)23-20-22-12-10-18(24-20)19(26)21-11-9-14-3-2-4-16(25)13-14/h2-8,10,12-13,25H,9,11H2,1H3,(H,21,26)(H,22,23,24). The largest absolute Gasteiger partial charge is 0.508 e. The van der Waals surface area contributed by atoms with Crippen LogP contribution in [0.1, 0.15) is 16.1 Å². The van der Waals surface area contributed by atoms with Crippen molar-refractivity contribution in [2.45, 2.75) is 6.42 Å². The van der Waals surface area contributed by atoms with Gasteiger partial charge in [0.25, 0.3) is 5.91 Å². The maximum Gasteiger partial charge on any atom is 0.270 e. The van der Waals surface area contributed by atoms with Crippen molar-refractivity contribution >= 4 is 17.5 Å². The van der Waals surface area contributed by atoms with Crippen LogP contribution in [0.2, 0.25) is 0 Å². The molecular formula is C20H20N4O3. The van der Waals surface area contributed by atoms with Crippen LogP contribution in [0.3, 0.4) is 0 Å². The first kappa shape index (κ1) is 18.2. The third-order valence-corrected chi connectivity index (χ3v) is 3.84. The van der Waals surface area contributed by atoms with E-state index in [2.05, 4.69) is 20.6 Å². The zero-order chi connectivity index (χ0) is 19.1. The van der Waals surface area contributed by atoms with Crippen LogP contribution >= 0.6 is 0 Å². The lowest BCUT2D eigenvalue weighted by atomic mass is 10.1. The summed E-state index contributed by atoms with van der Waals surface area (Å²) in [6, 6.07) is 15.8. The van der Waals surface area contributed by atoms with Gasteiger partial charge in [0.2, 0.25) is 5.95 Å². The number of methoxy groups -OCH3 is 1. The van der Waals surface area contributed by atoms with Gasteiger partial charge in [-0.2, -0.15) is 0 Å². The number of hydrogen-bond donors (Lipinski definition) is 3. The van der Waals surface area contributed by atoms with Crippen LogP contribution in [-0.2, 0) is 6.42 Å². The lowest BCUT2D eigenvalue weighted by Crippen LogP contribution is -2.26. The first-order valence-electron chi connectivity index (χ1n) is 8.44. The fraction of sp³-hybridized carbons (Fsp3) is 0.150. The van der Waals surface area contributed by atoms with Crippen LogP contribution < -0.4 is 15.4 Å². The minimum absolute atomic E-state index is 0.212. The predicted octanol–water partition coefficient (Wildman–Crippen LogP) is 2.91. The zero-order valence-electron chi connectivity index (χ0n) is 14.8. The summed E-state index contributed by atoms with van der Waals surface area (Å²) < 4.78 is 5.12. The second-order valence-electron chi connectivity index (χ2n) is 5.79. The summed E-state index contributed by atoms with van der Waals surface area (Å²) >= 11 is 0. The number of ether oxygens (including phenoxy) is 1. The molecule has 27 heavy (non-hydrogen) atoms. The Morgan fingerprint density at radius 2 is 1.96 bits per heavy atom. The van der Waals surface area contributed by atoms with Crippen LogP contribution in [0, 0.1) is 0 Å². The van der Waals surface area contributed by atoms with Crippen LogP contribution in [0.5, 0.6) is 11.5 Å². The number of hydrogen-bond acceptors (Lipinski definition) is 6. The Bertz CT molecular complexity index is 913. The summed E-state index contributed by atoms with van der Waals surface area (Å²) in [6.45, 7) is 0.438. The van der Waals surface area contributed by atoms with Crippen molar-refractivity contribution in [3.63, 3.8) is 0 Å². The van der Waals surface area contributed by atoms with E-state index in [1.165, 1.54) is 6.20 Å². The van der Waals surface area contributed by atoms with Crippen molar-refractivity contribution in [3.05, 3.63) is 72.1 Å². The Kier molecular flexibility index (Phi) is 5.84. The van der Waals surface area contributed by atoms with Crippen molar-refractivity contribution in [2.75, 3.05) is 19.0 Å². The number of rotatable bonds is 7. The fourth-order valence-electron chi connectivity index (χ4n) is 2.47. The molecule has 3 rings (SSSR count). The van der Waals surface area contributed by atoms with Crippen LogP contribution in [0.4, 0.5) is 11.6 Å². The quantitative estimate of drug-likeness (QED) is 0.596. The number of aromatic nitrogens is 2. The van der Waals surface area contributed by atoms with Gasteiger partial charge in [-0.05, 0) is 54.4 Å². The Hall–Kier alpha value is -3.61. The fourth-order valence-corrected chi connectivity index (χ4v) is 2.47. The number of anilines is 2. The van der Waals surface area contributed by atoms with E-state index in [0.717, 1.165) is 17.0 Å². The van der Waals surface area contributed by atoms with E-state index in [1.54, 1.807) is 31.4 Å². The van der Waals surface area contributed by atoms with Gasteiger partial charge in [-0.25, -0.2) is 9.97 Å². The predicted molar refractivity (Wildman–Crippen MR) is 102 cm³/mol. The van der Waals surface area contributed by atoms with Crippen molar-refractivity contribution < 1.29 is 14.6 Å². The van der Waals surface area contributed by atoms with Crippen molar-refractivity contribution in [1.29, 1.82) is 0 Å². The molecule has 138 valence electrons. The molecule has 0 aliphatic rings. The molecule has 0 radical (unpaired) electrons. The molecule has 0 unspecified atom stereocenters. The number of nitrogens with zero attached hydrogens (tertiary/aromatic N) is 2. The number of carbonyl (C=O) groups is 1. The number of phenolic OH excluding ortho intramolecular Hbond substituents is 1. The van der Waals surface area contributed by atoms with Crippen LogP contribution in [0.15, 0.2) is 60.8 Å². The van der Waals surface area contributed by atoms with E-state index >= 15 is 0 Å². The summed E-state index contributed by atoms with van der Waals surface area (Å²) in [4.78, 5) is 20.7. The number of amides is 1. The van der Waals surface area contributed by atoms with E-state index in [9.17, 15) is 9.90 Å². The van der Waals surface area contributed by atoms with Gasteiger partial charge < -0.3 is 20.5 Å². The molecule has 1 heterocycles.